The summed E-state index contributed by atoms with van der Waals surface area (Å²) >= 11 is 1.64. The van der Waals surface area contributed by atoms with Crippen molar-refractivity contribution in [3.05, 3.63) is 89.5 Å². The van der Waals surface area contributed by atoms with Gasteiger partial charge in [-0.1, -0.05) is 53.8 Å². The van der Waals surface area contributed by atoms with Crippen LogP contribution >= 0.6 is 11.3 Å². The number of carbonyl (C=O) groups is 2. The number of piperazine rings is 1. The van der Waals surface area contributed by atoms with Gasteiger partial charge >= 0.3 is 0 Å². The lowest BCUT2D eigenvalue weighted by molar-refractivity contribution is 0.0746. The van der Waals surface area contributed by atoms with Crippen molar-refractivity contribution < 1.29 is 14.3 Å². The van der Waals surface area contributed by atoms with Crippen molar-refractivity contribution in [3.63, 3.8) is 0 Å². The van der Waals surface area contributed by atoms with Crippen molar-refractivity contribution in [1.29, 1.82) is 0 Å². The summed E-state index contributed by atoms with van der Waals surface area (Å²) in [5, 5.41) is 0.967. The van der Waals surface area contributed by atoms with E-state index < -0.39 is 0 Å². The number of methoxy groups -OCH3 is 1. The maximum absolute atomic E-state index is 13.0. The number of carbonyl (C=O) groups excluding carboxylic acids is 2. The van der Waals surface area contributed by atoms with Gasteiger partial charge in [-0.25, -0.2) is 4.98 Å². The number of benzene rings is 3. The van der Waals surface area contributed by atoms with Crippen LogP contribution in [0, 0.1) is 0 Å². The van der Waals surface area contributed by atoms with E-state index in [2.05, 4.69) is 4.90 Å². The minimum absolute atomic E-state index is 0.0117. The van der Waals surface area contributed by atoms with E-state index in [0.717, 1.165) is 34.2 Å². The highest BCUT2D eigenvalue weighted by Crippen LogP contribution is 2.32. The van der Waals surface area contributed by atoms with Gasteiger partial charge in [0.2, 0.25) is 0 Å². The Hall–Kier alpha value is -3.71. The highest BCUT2D eigenvalue weighted by Gasteiger charge is 2.24. The summed E-state index contributed by atoms with van der Waals surface area (Å²) in [5.74, 6) is 0.767. The molecule has 4 aromatic rings. The Bertz CT molecular complexity index is 1290. The van der Waals surface area contributed by atoms with Crippen LogP contribution in [0.4, 0.5) is 5.13 Å². The smallest absolute Gasteiger partial charge is 0.253 e. The van der Waals surface area contributed by atoms with Gasteiger partial charge in [0, 0.05) is 42.9 Å². The molecule has 7 heteroatoms. The Balaban J connectivity index is 1.23. The molecule has 1 aromatic heterocycles. The van der Waals surface area contributed by atoms with Crippen molar-refractivity contribution >= 4 is 38.4 Å². The molecule has 0 aliphatic carbocycles. The molecule has 3 aromatic carbocycles. The van der Waals surface area contributed by atoms with Crippen LogP contribution < -0.4 is 9.64 Å². The van der Waals surface area contributed by atoms with E-state index in [4.69, 9.17) is 9.72 Å². The normalized spacial score (nSPS) is 13.8. The van der Waals surface area contributed by atoms with Crippen LogP contribution in [0.2, 0.25) is 0 Å². The number of aromatic nitrogens is 1. The first kappa shape index (κ1) is 21.2. The number of nitrogens with zero attached hydrogens (tertiary/aromatic N) is 3. The van der Waals surface area contributed by atoms with Crippen LogP contribution in [0.3, 0.4) is 0 Å². The van der Waals surface area contributed by atoms with Crippen molar-refractivity contribution in [2.45, 2.75) is 0 Å². The molecule has 166 valence electrons. The quantitative estimate of drug-likeness (QED) is 0.413. The molecule has 33 heavy (non-hydrogen) atoms. The SMILES string of the molecule is COc1ccc2nc(N3CCN(C(=O)c4ccc(C(=O)c5ccccc5)cc4)CC3)sc2c1. The van der Waals surface area contributed by atoms with Crippen LogP contribution in [-0.4, -0.2) is 54.9 Å². The Kier molecular flexibility index (Phi) is 5.79. The second-order valence-corrected chi connectivity index (χ2v) is 8.89. The molecule has 1 amide bonds. The fraction of sp³-hybridized carbons (Fsp3) is 0.192. The average molecular weight is 458 g/mol. The molecule has 0 N–H and O–H groups in total. The molecule has 1 saturated heterocycles. The Morgan fingerprint density at radius 3 is 2.21 bits per heavy atom. The Morgan fingerprint density at radius 1 is 0.848 bits per heavy atom. The molecule has 1 fully saturated rings. The number of thiazole rings is 1. The largest absolute Gasteiger partial charge is 0.497 e. The van der Waals surface area contributed by atoms with E-state index in [1.807, 2.05) is 41.3 Å². The maximum atomic E-state index is 13.0. The summed E-state index contributed by atoms with van der Waals surface area (Å²) in [7, 11) is 1.66. The molecule has 0 radical (unpaired) electrons. The van der Waals surface area contributed by atoms with Gasteiger partial charge in [-0.15, -0.1) is 0 Å². The van der Waals surface area contributed by atoms with Gasteiger partial charge in [0.1, 0.15) is 5.75 Å². The second kappa shape index (κ2) is 9.03. The van der Waals surface area contributed by atoms with Crippen LogP contribution in [-0.2, 0) is 0 Å². The first-order chi connectivity index (χ1) is 16.1. The maximum Gasteiger partial charge on any atom is 0.253 e. The lowest BCUT2D eigenvalue weighted by atomic mass is 10.0. The molecule has 0 atom stereocenters. The fourth-order valence-corrected chi connectivity index (χ4v) is 5.00. The van der Waals surface area contributed by atoms with Crippen molar-refractivity contribution in [1.82, 2.24) is 9.88 Å². The third-order valence-corrected chi connectivity index (χ3v) is 6.93. The molecule has 0 unspecified atom stereocenters. The monoisotopic (exact) mass is 457 g/mol. The first-order valence-corrected chi connectivity index (χ1v) is 11.6. The minimum Gasteiger partial charge on any atom is -0.497 e. The number of hydrogen-bond acceptors (Lipinski definition) is 6. The summed E-state index contributed by atoms with van der Waals surface area (Å²) in [4.78, 5) is 34.4. The topological polar surface area (TPSA) is 62.7 Å². The van der Waals surface area contributed by atoms with Gasteiger partial charge in [-0.3, -0.25) is 9.59 Å². The van der Waals surface area contributed by atoms with Gasteiger partial charge in [0.25, 0.3) is 5.91 Å². The van der Waals surface area contributed by atoms with Gasteiger partial charge in [-0.2, -0.15) is 0 Å². The van der Waals surface area contributed by atoms with E-state index in [0.29, 0.717) is 29.8 Å². The molecule has 0 saturated carbocycles. The van der Waals surface area contributed by atoms with Gasteiger partial charge in [-0.05, 0) is 30.3 Å². The zero-order chi connectivity index (χ0) is 22.8. The highest BCUT2D eigenvalue weighted by molar-refractivity contribution is 7.22. The third-order valence-electron chi connectivity index (χ3n) is 5.85. The van der Waals surface area contributed by atoms with E-state index in [-0.39, 0.29) is 11.7 Å². The molecular weight excluding hydrogens is 434 g/mol. The predicted molar refractivity (Wildman–Crippen MR) is 131 cm³/mol. The molecule has 0 spiro atoms. The van der Waals surface area contributed by atoms with E-state index >= 15 is 0 Å². The molecule has 5 rings (SSSR count). The van der Waals surface area contributed by atoms with Crippen LogP contribution in [0.5, 0.6) is 5.75 Å². The fourth-order valence-electron chi connectivity index (χ4n) is 3.96. The van der Waals surface area contributed by atoms with Crippen molar-refractivity contribution in [2.75, 3.05) is 38.2 Å². The second-order valence-electron chi connectivity index (χ2n) is 7.88. The summed E-state index contributed by atoms with van der Waals surface area (Å²) in [6, 6.07) is 22.0. The summed E-state index contributed by atoms with van der Waals surface area (Å²) in [5.41, 5.74) is 2.77. The number of fused-ring (bicyclic) bond motifs is 1. The highest BCUT2D eigenvalue weighted by atomic mass is 32.1. The van der Waals surface area contributed by atoms with Crippen LogP contribution in [0.25, 0.3) is 10.2 Å². The first-order valence-electron chi connectivity index (χ1n) is 10.8. The number of amides is 1. The lowest BCUT2D eigenvalue weighted by Gasteiger charge is -2.34. The number of hydrogen-bond donors (Lipinski definition) is 0. The van der Waals surface area contributed by atoms with Gasteiger partial charge < -0.3 is 14.5 Å². The summed E-state index contributed by atoms with van der Waals surface area (Å²) in [6.07, 6.45) is 0. The summed E-state index contributed by atoms with van der Waals surface area (Å²) < 4.78 is 6.40. The molecule has 6 nitrogen and oxygen atoms in total. The standard InChI is InChI=1S/C26H23N3O3S/c1-32-21-11-12-22-23(17-21)33-26(27-22)29-15-13-28(14-16-29)25(31)20-9-7-19(8-10-20)24(30)18-5-3-2-4-6-18/h2-12,17H,13-16H2,1H3. The number of anilines is 1. The number of ether oxygens (including phenoxy) is 1. The Morgan fingerprint density at radius 2 is 1.52 bits per heavy atom. The zero-order valence-corrected chi connectivity index (χ0v) is 19.0. The lowest BCUT2D eigenvalue weighted by Crippen LogP contribution is -2.48. The van der Waals surface area contributed by atoms with Gasteiger partial charge in [0.05, 0.1) is 17.3 Å². The predicted octanol–water partition coefficient (Wildman–Crippen LogP) is 4.50. The third kappa shape index (κ3) is 4.32. The van der Waals surface area contributed by atoms with E-state index in [1.165, 1.54) is 0 Å². The molecule has 2 heterocycles. The summed E-state index contributed by atoms with van der Waals surface area (Å²) in [6.45, 7) is 2.71. The molecule has 1 aliphatic heterocycles. The minimum atomic E-state index is -0.0448. The van der Waals surface area contributed by atoms with E-state index in [1.54, 1.807) is 54.8 Å². The number of ketones is 1. The van der Waals surface area contributed by atoms with Crippen LogP contribution in [0.15, 0.2) is 72.8 Å². The molecule has 0 bridgehead atoms. The van der Waals surface area contributed by atoms with Crippen molar-refractivity contribution in [2.24, 2.45) is 0 Å². The molecule has 1 aliphatic rings. The molecular formula is C26H23N3O3S. The van der Waals surface area contributed by atoms with Crippen molar-refractivity contribution in [3.8, 4) is 5.75 Å². The Labute approximate surface area is 196 Å². The average Bonchev–Trinajstić information content (AvgIpc) is 3.32. The van der Waals surface area contributed by atoms with Gasteiger partial charge in [0.15, 0.2) is 10.9 Å². The van der Waals surface area contributed by atoms with Crippen LogP contribution in [0.1, 0.15) is 26.3 Å². The number of rotatable bonds is 5. The zero-order valence-electron chi connectivity index (χ0n) is 18.2. The van der Waals surface area contributed by atoms with E-state index in [9.17, 15) is 9.59 Å².